The van der Waals surface area contributed by atoms with Crippen molar-refractivity contribution in [3.8, 4) is 22.5 Å². The van der Waals surface area contributed by atoms with Gasteiger partial charge in [-0.1, -0.05) is 96.3 Å². The van der Waals surface area contributed by atoms with Crippen molar-refractivity contribution in [2.24, 2.45) is 4.99 Å². The molecule has 0 bridgehead atoms. The highest BCUT2D eigenvalue weighted by Crippen LogP contribution is 2.32. The van der Waals surface area contributed by atoms with Crippen LogP contribution in [0.3, 0.4) is 0 Å². The standard InChI is InChI=1S/C31H30Cl2N4O2/c1-3-4-12-29-23(18-37(20(2)34-29)19-26-27(32)10-7-11-28(26)33)17-21-13-15-22(16-14-21)24-8-5-6-9-25(24)30-35-31(38)39-36-30/h5-11,13-16H,3-4,12,17-19H2,1-2H3,(H,35,36,38). The first-order valence-electron chi connectivity index (χ1n) is 13.1. The van der Waals surface area contributed by atoms with Crippen molar-refractivity contribution in [3.05, 3.63) is 110 Å². The van der Waals surface area contributed by atoms with Crippen LogP contribution in [0.2, 0.25) is 10.0 Å². The van der Waals surface area contributed by atoms with Crippen LogP contribution < -0.4 is 5.76 Å². The summed E-state index contributed by atoms with van der Waals surface area (Å²) in [4.78, 5) is 21.4. The van der Waals surface area contributed by atoms with E-state index in [1.165, 1.54) is 16.8 Å². The van der Waals surface area contributed by atoms with Crippen LogP contribution >= 0.6 is 23.2 Å². The molecule has 1 aromatic heterocycles. The van der Waals surface area contributed by atoms with Gasteiger partial charge in [-0.15, -0.1) is 0 Å². The number of aromatic nitrogens is 2. The number of benzene rings is 3. The molecule has 0 spiro atoms. The number of H-pyrrole nitrogens is 1. The van der Waals surface area contributed by atoms with Gasteiger partial charge in [0.15, 0.2) is 5.82 Å². The number of rotatable bonds is 9. The molecule has 0 saturated carbocycles. The summed E-state index contributed by atoms with van der Waals surface area (Å²) in [5.74, 6) is 0.830. The van der Waals surface area contributed by atoms with Crippen molar-refractivity contribution in [1.82, 2.24) is 15.0 Å². The molecule has 200 valence electrons. The summed E-state index contributed by atoms with van der Waals surface area (Å²) in [7, 11) is 0. The van der Waals surface area contributed by atoms with Gasteiger partial charge in [0, 0.05) is 40.0 Å². The number of hydrogen-bond donors (Lipinski definition) is 1. The van der Waals surface area contributed by atoms with Crippen molar-refractivity contribution < 1.29 is 4.52 Å². The Kier molecular flexibility index (Phi) is 8.34. The van der Waals surface area contributed by atoms with Crippen molar-refractivity contribution in [3.63, 3.8) is 0 Å². The van der Waals surface area contributed by atoms with Gasteiger partial charge in [0.1, 0.15) is 5.84 Å². The third-order valence-electron chi connectivity index (χ3n) is 7.03. The summed E-state index contributed by atoms with van der Waals surface area (Å²) in [5, 5.41) is 5.21. The second-order valence-corrected chi connectivity index (χ2v) is 10.5. The molecule has 3 aromatic carbocycles. The van der Waals surface area contributed by atoms with E-state index in [0.29, 0.717) is 22.4 Å². The molecule has 1 N–H and O–H groups in total. The molecule has 2 heterocycles. The summed E-state index contributed by atoms with van der Waals surface area (Å²) in [5.41, 5.74) is 7.43. The SMILES string of the molecule is CCCCC1=C(Cc2ccc(-c3ccccc3-c3noc(=O)[nH]3)cc2)CN(Cc2c(Cl)cccc2Cl)C(C)=N1. The zero-order valence-electron chi connectivity index (χ0n) is 22.0. The minimum Gasteiger partial charge on any atom is -0.352 e. The monoisotopic (exact) mass is 560 g/mol. The first-order chi connectivity index (χ1) is 18.9. The molecule has 0 radical (unpaired) electrons. The molecule has 4 aromatic rings. The summed E-state index contributed by atoms with van der Waals surface area (Å²) < 4.78 is 4.72. The Morgan fingerprint density at radius 3 is 2.36 bits per heavy atom. The van der Waals surface area contributed by atoms with Gasteiger partial charge in [-0.25, -0.2) is 9.79 Å². The quantitative estimate of drug-likeness (QED) is 0.225. The highest BCUT2D eigenvalue weighted by Gasteiger charge is 2.21. The molecule has 8 heteroatoms. The molecular formula is C31H30Cl2N4O2. The zero-order valence-corrected chi connectivity index (χ0v) is 23.5. The van der Waals surface area contributed by atoms with E-state index < -0.39 is 5.76 Å². The summed E-state index contributed by atoms with van der Waals surface area (Å²) in [6.45, 7) is 5.65. The third kappa shape index (κ3) is 6.18. The molecule has 0 aliphatic carbocycles. The molecule has 5 rings (SSSR count). The molecule has 0 unspecified atom stereocenters. The highest BCUT2D eigenvalue weighted by atomic mass is 35.5. The molecule has 0 atom stereocenters. The number of nitrogens with zero attached hydrogens (tertiary/aromatic N) is 3. The van der Waals surface area contributed by atoms with Crippen LogP contribution in [0, 0.1) is 0 Å². The first kappa shape index (κ1) is 27.0. The number of unbranched alkanes of at least 4 members (excludes halogenated alkanes) is 1. The topological polar surface area (TPSA) is 74.5 Å². The minimum atomic E-state index is -0.571. The van der Waals surface area contributed by atoms with Gasteiger partial charge < -0.3 is 4.90 Å². The number of aromatic amines is 1. The van der Waals surface area contributed by atoms with E-state index in [0.717, 1.165) is 60.3 Å². The Hall–Kier alpha value is -3.61. The Labute approximate surface area is 238 Å². The van der Waals surface area contributed by atoms with Crippen LogP contribution in [0.4, 0.5) is 0 Å². The fourth-order valence-corrected chi connectivity index (χ4v) is 5.41. The second-order valence-electron chi connectivity index (χ2n) is 9.73. The van der Waals surface area contributed by atoms with Gasteiger partial charge in [0.05, 0.1) is 0 Å². The van der Waals surface area contributed by atoms with Crippen LogP contribution in [0.5, 0.6) is 0 Å². The highest BCUT2D eigenvalue weighted by molar-refractivity contribution is 6.36. The van der Waals surface area contributed by atoms with Crippen molar-refractivity contribution in [2.45, 2.75) is 46.1 Å². The fourth-order valence-electron chi connectivity index (χ4n) is 4.90. The number of halogens is 2. The summed E-state index contributed by atoms with van der Waals surface area (Å²) in [6, 6.07) is 22.0. The van der Waals surface area contributed by atoms with Gasteiger partial charge in [0.25, 0.3) is 0 Å². The Balaban J connectivity index is 1.40. The predicted molar refractivity (Wildman–Crippen MR) is 158 cm³/mol. The lowest BCUT2D eigenvalue weighted by Crippen LogP contribution is -2.34. The van der Waals surface area contributed by atoms with Gasteiger partial charge >= 0.3 is 5.76 Å². The van der Waals surface area contributed by atoms with Crippen LogP contribution in [0.25, 0.3) is 22.5 Å². The lowest BCUT2D eigenvalue weighted by atomic mass is 9.95. The van der Waals surface area contributed by atoms with Gasteiger partial charge in [0.2, 0.25) is 0 Å². The Bertz CT molecular complexity index is 1560. The van der Waals surface area contributed by atoms with Gasteiger partial charge in [-0.05, 0) is 60.6 Å². The predicted octanol–water partition coefficient (Wildman–Crippen LogP) is 7.92. The van der Waals surface area contributed by atoms with E-state index in [2.05, 4.69) is 53.2 Å². The zero-order chi connectivity index (χ0) is 27.4. The van der Waals surface area contributed by atoms with Crippen LogP contribution in [0.15, 0.2) is 92.3 Å². The fraction of sp³-hybridized carbons (Fsp3) is 0.258. The van der Waals surface area contributed by atoms with E-state index in [-0.39, 0.29) is 0 Å². The largest absolute Gasteiger partial charge is 0.439 e. The van der Waals surface area contributed by atoms with E-state index in [1.807, 2.05) is 42.5 Å². The molecule has 1 aliphatic heterocycles. The molecule has 0 amide bonds. The average molecular weight is 562 g/mol. The minimum absolute atomic E-state index is 0.416. The Morgan fingerprint density at radius 1 is 0.974 bits per heavy atom. The van der Waals surface area contributed by atoms with Crippen LogP contribution in [-0.4, -0.2) is 27.4 Å². The number of nitrogens with one attached hydrogen (secondary N) is 1. The maximum atomic E-state index is 11.5. The van der Waals surface area contributed by atoms with Gasteiger partial charge in [-0.2, -0.15) is 0 Å². The van der Waals surface area contributed by atoms with E-state index in [4.69, 9.17) is 32.7 Å². The first-order valence-corrected chi connectivity index (χ1v) is 13.9. The summed E-state index contributed by atoms with van der Waals surface area (Å²) >= 11 is 13.0. The molecule has 0 fully saturated rings. The molecule has 0 saturated heterocycles. The molecule has 1 aliphatic rings. The van der Waals surface area contributed by atoms with E-state index >= 15 is 0 Å². The number of aliphatic imine (C=N–C) groups is 1. The maximum absolute atomic E-state index is 11.5. The summed E-state index contributed by atoms with van der Waals surface area (Å²) in [6.07, 6.45) is 3.99. The molecular weight excluding hydrogens is 531 g/mol. The van der Waals surface area contributed by atoms with Crippen molar-refractivity contribution in [2.75, 3.05) is 6.54 Å². The lowest BCUT2D eigenvalue weighted by molar-refractivity contribution is 0.388. The van der Waals surface area contributed by atoms with Crippen LogP contribution in [-0.2, 0) is 13.0 Å². The Morgan fingerprint density at radius 2 is 1.69 bits per heavy atom. The van der Waals surface area contributed by atoms with Crippen molar-refractivity contribution in [1.29, 1.82) is 0 Å². The second kappa shape index (κ2) is 12.1. The van der Waals surface area contributed by atoms with E-state index in [1.54, 1.807) is 0 Å². The normalized spacial score (nSPS) is 13.6. The van der Waals surface area contributed by atoms with Crippen LogP contribution in [0.1, 0.15) is 44.2 Å². The lowest BCUT2D eigenvalue weighted by Gasteiger charge is -2.31. The molecule has 39 heavy (non-hydrogen) atoms. The molecule has 6 nitrogen and oxygen atoms in total. The smallest absolute Gasteiger partial charge is 0.352 e. The average Bonchev–Trinajstić information content (AvgIpc) is 3.38. The third-order valence-corrected chi connectivity index (χ3v) is 7.74. The maximum Gasteiger partial charge on any atom is 0.439 e. The van der Waals surface area contributed by atoms with E-state index in [9.17, 15) is 4.79 Å². The number of hydrogen-bond acceptors (Lipinski definition) is 5. The van der Waals surface area contributed by atoms with Gasteiger partial charge in [-0.3, -0.25) is 9.51 Å². The van der Waals surface area contributed by atoms with Crippen molar-refractivity contribution >= 4 is 29.0 Å². The number of allylic oxidation sites excluding steroid dienone is 1. The number of amidine groups is 1.